The van der Waals surface area contributed by atoms with Crippen molar-refractivity contribution in [2.75, 3.05) is 0 Å². The summed E-state index contributed by atoms with van der Waals surface area (Å²) in [5.74, 6) is -1.19. The minimum Gasteiger partial charge on any atom is -0.392 e. The molecule has 2 rings (SSSR count). The summed E-state index contributed by atoms with van der Waals surface area (Å²) in [7, 11) is 0. The van der Waals surface area contributed by atoms with Gasteiger partial charge in [-0.25, -0.2) is 0 Å². The van der Waals surface area contributed by atoms with Crippen LogP contribution in [0.1, 0.15) is 19.8 Å². The highest BCUT2D eigenvalue weighted by Gasteiger charge is 2.57. The lowest BCUT2D eigenvalue weighted by molar-refractivity contribution is -0.155. The first-order valence-corrected chi connectivity index (χ1v) is 5.18. The molecular weight excluding hydrogens is 202 g/mol. The molecule has 2 unspecified atom stereocenters. The molecule has 1 aliphatic carbocycles. The van der Waals surface area contributed by atoms with Gasteiger partial charge in [-0.3, -0.25) is 9.59 Å². The average molecular weight is 212 g/mol. The number of nitrogens with one attached hydrogen (secondary N) is 1. The summed E-state index contributed by atoms with van der Waals surface area (Å²) in [5.41, 5.74) is -0.727. The molecular formula is C9H10NO3S+. The number of cyclic esters (lactones) is 2. The molecule has 14 heavy (non-hydrogen) atoms. The summed E-state index contributed by atoms with van der Waals surface area (Å²) in [4.78, 5) is 23.6. The van der Waals surface area contributed by atoms with E-state index in [1.165, 1.54) is 0 Å². The van der Waals surface area contributed by atoms with E-state index >= 15 is 0 Å². The second-order valence-corrected chi connectivity index (χ2v) is 4.59. The van der Waals surface area contributed by atoms with Gasteiger partial charge in [-0.2, -0.15) is 0 Å². The van der Waals surface area contributed by atoms with E-state index in [4.69, 9.17) is 4.78 Å². The van der Waals surface area contributed by atoms with E-state index < -0.39 is 17.4 Å². The number of hydrogen-bond acceptors (Lipinski definition) is 4. The van der Waals surface area contributed by atoms with E-state index in [0.717, 1.165) is 16.5 Å². The monoisotopic (exact) mass is 212 g/mol. The molecule has 0 aromatic carbocycles. The fraction of sp³-hybridized carbons (Fsp3) is 0.556. The maximum Gasteiger partial charge on any atom is 0.349 e. The van der Waals surface area contributed by atoms with Crippen LogP contribution in [0.2, 0.25) is 0 Å². The number of ether oxygens (including phenoxy) is 1. The Labute approximate surface area is 85.2 Å². The molecule has 0 spiro atoms. The van der Waals surface area contributed by atoms with Crippen LogP contribution >= 0.6 is 0 Å². The van der Waals surface area contributed by atoms with Gasteiger partial charge in [-0.1, -0.05) is 0 Å². The molecule has 0 saturated carbocycles. The minimum absolute atomic E-state index is 0.342. The predicted octanol–water partition coefficient (Wildman–Crippen LogP) is 1.21. The van der Waals surface area contributed by atoms with Gasteiger partial charge in [0.1, 0.15) is 0 Å². The molecule has 4 nitrogen and oxygen atoms in total. The van der Waals surface area contributed by atoms with Gasteiger partial charge in [0.05, 0.1) is 11.3 Å². The Balaban J connectivity index is 2.38. The van der Waals surface area contributed by atoms with Gasteiger partial charge < -0.3 is 4.74 Å². The van der Waals surface area contributed by atoms with Crippen molar-refractivity contribution in [3.63, 3.8) is 0 Å². The van der Waals surface area contributed by atoms with Crippen LogP contribution in [0.5, 0.6) is 0 Å². The van der Waals surface area contributed by atoms with Crippen LogP contribution in [0.25, 0.3) is 0 Å². The molecule has 0 radical (unpaired) electrons. The van der Waals surface area contributed by atoms with E-state index in [0.29, 0.717) is 12.8 Å². The second-order valence-electron chi connectivity index (χ2n) is 3.86. The maximum absolute atomic E-state index is 11.5. The molecule has 0 aromatic heterocycles. The SMILES string of the molecule is CC12CC([S+]=N)=CCC1C(=O)OC2=O. The number of hydrogen-bond donors (Lipinski definition) is 1. The smallest absolute Gasteiger partial charge is 0.349 e. The Bertz CT molecular complexity index is 363. The number of carbonyl (C=O) groups excluding carboxylic acids is 2. The van der Waals surface area contributed by atoms with Gasteiger partial charge >= 0.3 is 23.5 Å². The average Bonchev–Trinajstić information content (AvgIpc) is 2.37. The minimum atomic E-state index is -0.727. The van der Waals surface area contributed by atoms with Crippen molar-refractivity contribution in [1.82, 2.24) is 0 Å². The van der Waals surface area contributed by atoms with Crippen molar-refractivity contribution in [2.45, 2.75) is 19.8 Å². The number of rotatable bonds is 1. The molecule has 1 N–H and O–H groups in total. The first kappa shape index (κ1) is 9.45. The number of esters is 2. The lowest BCUT2D eigenvalue weighted by atomic mass is 9.72. The third kappa shape index (κ3) is 1.12. The summed E-state index contributed by atoms with van der Waals surface area (Å²) in [6.07, 6.45) is 2.82. The molecule has 1 fully saturated rings. The van der Waals surface area contributed by atoms with Crippen LogP contribution in [0.15, 0.2) is 11.0 Å². The fourth-order valence-corrected chi connectivity index (χ4v) is 2.55. The summed E-state index contributed by atoms with van der Waals surface area (Å²) < 4.78 is 11.8. The van der Waals surface area contributed by atoms with Crippen LogP contribution in [0, 0.1) is 16.1 Å². The van der Waals surface area contributed by atoms with E-state index in [1.54, 1.807) is 6.92 Å². The van der Waals surface area contributed by atoms with Gasteiger partial charge in [-0.15, -0.1) is 0 Å². The van der Waals surface area contributed by atoms with Crippen molar-refractivity contribution in [3.05, 3.63) is 11.0 Å². The van der Waals surface area contributed by atoms with Crippen LogP contribution in [0.4, 0.5) is 0 Å². The second kappa shape index (κ2) is 2.95. The van der Waals surface area contributed by atoms with Gasteiger partial charge in [0.25, 0.3) is 0 Å². The highest BCUT2D eigenvalue weighted by atomic mass is 32.1. The third-order valence-corrected chi connectivity index (χ3v) is 3.54. The molecule has 2 aliphatic rings. The predicted molar refractivity (Wildman–Crippen MR) is 50.1 cm³/mol. The maximum atomic E-state index is 11.5. The van der Waals surface area contributed by atoms with E-state index in [9.17, 15) is 9.59 Å². The van der Waals surface area contributed by atoms with Gasteiger partial charge in [0.15, 0.2) is 0 Å². The molecule has 1 aliphatic heterocycles. The van der Waals surface area contributed by atoms with Crippen LogP contribution < -0.4 is 0 Å². The molecule has 0 bridgehead atoms. The lowest BCUT2D eigenvalue weighted by Gasteiger charge is -2.24. The standard InChI is InChI=1S/C9H10NO3S/c1-9-4-5(14-10)2-3-6(9)7(11)13-8(9)12/h2,6,10H,3-4H2,1H3/q+1. The van der Waals surface area contributed by atoms with Gasteiger partial charge in [0, 0.05) is 6.42 Å². The van der Waals surface area contributed by atoms with Crippen molar-refractivity contribution in [3.8, 4) is 0 Å². The zero-order chi connectivity index (χ0) is 10.3. The van der Waals surface area contributed by atoms with E-state index in [-0.39, 0.29) is 5.92 Å². The zero-order valence-corrected chi connectivity index (χ0v) is 8.52. The Hall–Kier alpha value is -1.10. The Morgan fingerprint density at radius 2 is 2.36 bits per heavy atom. The summed E-state index contributed by atoms with van der Waals surface area (Å²) >= 11 is 0.889. The van der Waals surface area contributed by atoms with E-state index in [1.807, 2.05) is 6.08 Å². The van der Waals surface area contributed by atoms with Gasteiger partial charge in [-0.05, 0) is 24.2 Å². The first-order chi connectivity index (χ1) is 6.58. The first-order valence-electron chi connectivity index (χ1n) is 4.36. The Morgan fingerprint density at radius 1 is 1.64 bits per heavy atom. The molecule has 1 saturated heterocycles. The third-order valence-electron chi connectivity index (χ3n) is 2.97. The van der Waals surface area contributed by atoms with Crippen molar-refractivity contribution < 1.29 is 14.3 Å². The largest absolute Gasteiger partial charge is 0.392 e. The van der Waals surface area contributed by atoms with Crippen LogP contribution in [-0.4, -0.2) is 11.9 Å². The highest BCUT2D eigenvalue weighted by molar-refractivity contribution is 7.71. The van der Waals surface area contributed by atoms with Crippen molar-refractivity contribution in [1.29, 1.82) is 4.78 Å². The van der Waals surface area contributed by atoms with Crippen LogP contribution in [0.3, 0.4) is 0 Å². The lowest BCUT2D eigenvalue weighted by Crippen LogP contribution is -2.33. The summed E-state index contributed by atoms with van der Waals surface area (Å²) in [6.45, 7) is 1.74. The molecule has 1 heterocycles. The molecule has 5 heteroatoms. The Morgan fingerprint density at radius 3 is 3.00 bits per heavy atom. The van der Waals surface area contributed by atoms with Gasteiger partial charge in [0.2, 0.25) is 4.91 Å². The topological polar surface area (TPSA) is 67.2 Å². The zero-order valence-electron chi connectivity index (χ0n) is 7.70. The summed E-state index contributed by atoms with van der Waals surface area (Å²) in [6, 6.07) is 0. The number of allylic oxidation sites excluding steroid dienone is 2. The van der Waals surface area contributed by atoms with E-state index in [2.05, 4.69) is 4.74 Å². The van der Waals surface area contributed by atoms with Crippen LogP contribution in [-0.2, 0) is 25.9 Å². The number of carbonyl (C=O) groups is 2. The quantitative estimate of drug-likeness (QED) is 0.403. The fourth-order valence-electron chi connectivity index (χ4n) is 1.99. The normalized spacial score (nSPS) is 36.1. The van der Waals surface area contributed by atoms with Crippen molar-refractivity contribution in [2.24, 2.45) is 11.3 Å². The molecule has 0 amide bonds. The molecule has 74 valence electrons. The Kier molecular flexibility index (Phi) is 1.99. The molecule has 0 aromatic rings. The molecule has 2 atom stereocenters. The van der Waals surface area contributed by atoms with Crippen molar-refractivity contribution >= 4 is 23.5 Å². The number of fused-ring (bicyclic) bond motifs is 1. The highest BCUT2D eigenvalue weighted by Crippen LogP contribution is 2.46. The summed E-state index contributed by atoms with van der Waals surface area (Å²) in [5, 5.41) is 0.